The number of rotatable bonds is 2. The zero-order chi connectivity index (χ0) is 19.1. The fourth-order valence-corrected chi connectivity index (χ4v) is 3.44. The number of nitrogens with one attached hydrogen (secondary N) is 1. The topological polar surface area (TPSA) is 63.2 Å². The Morgan fingerprint density at radius 2 is 1.37 bits per heavy atom. The lowest BCUT2D eigenvalue weighted by Gasteiger charge is -2.18. The molecule has 1 N–H and O–H groups in total. The van der Waals surface area contributed by atoms with E-state index in [-0.39, 0.29) is 17.5 Å². The first kappa shape index (κ1) is 16.9. The van der Waals surface area contributed by atoms with Gasteiger partial charge in [0.15, 0.2) is 11.6 Å². The van der Waals surface area contributed by atoms with E-state index in [1.165, 1.54) is 0 Å². The Kier molecular flexibility index (Phi) is 3.96. The van der Waals surface area contributed by atoms with Gasteiger partial charge >= 0.3 is 0 Å². The van der Waals surface area contributed by atoms with E-state index in [0.717, 1.165) is 11.1 Å². The molecule has 0 atom stereocenters. The highest BCUT2D eigenvalue weighted by atomic mass is 16.2. The van der Waals surface area contributed by atoms with Gasteiger partial charge in [0.25, 0.3) is 5.91 Å². The Morgan fingerprint density at radius 3 is 2.04 bits per heavy atom. The van der Waals surface area contributed by atoms with Crippen LogP contribution < -0.4 is 5.32 Å². The molecule has 1 aliphatic carbocycles. The number of carbonyl (C=O) groups is 3. The van der Waals surface area contributed by atoms with Crippen molar-refractivity contribution >= 4 is 23.2 Å². The number of hydrogen-bond donors (Lipinski definition) is 1. The smallest absolute Gasteiger partial charge is 0.255 e. The van der Waals surface area contributed by atoms with E-state index >= 15 is 0 Å². The van der Waals surface area contributed by atoms with Gasteiger partial charge in [0.2, 0.25) is 0 Å². The van der Waals surface area contributed by atoms with Crippen molar-refractivity contribution in [2.24, 2.45) is 0 Å². The maximum Gasteiger partial charge on any atom is 0.255 e. The lowest BCUT2D eigenvalue weighted by Crippen LogP contribution is -2.21. The van der Waals surface area contributed by atoms with Gasteiger partial charge in [-0.1, -0.05) is 42.0 Å². The van der Waals surface area contributed by atoms with E-state index in [4.69, 9.17) is 0 Å². The number of aryl methyl sites for hydroxylation is 2. The molecule has 0 spiro atoms. The largest absolute Gasteiger partial charge is 0.322 e. The maximum absolute atomic E-state index is 12.8. The fraction of sp³-hybridized carbons (Fsp3) is 0.0870. The van der Waals surface area contributed by atoms with Crippen LogP contribution in [0, 0.1) is 13.8 Å². The Labute approximate surface area is 156 Å². The SMILES string of the molecule is Cc1ccc(C(=O)Nc2ccc3c(c2)C(=O)c2ccccc2C3=O)c(C)c1. The van der Waals surface area contributed by atoms with Crippen LogP contribution in [0.25, 0.3) is 0 Å². The Bertz CT molecular complexity index is 1130. The van der Waals surface area contributed by atoms with Gasteiger partial charge in [-0.2, -0.15) is 0 Å². The Hall–Kier alpha value is -3.53. The molecule has 0 saturated carbocycles. The quantitative estimate of drug-likeness (QED) is 0.582. The molecule has 0 fully saturated rings. The van der Waals surface area contributed by atoms with E-state index < -0.39 is 0 Å². The average molecular weight is 355 g/mol. The summed E-state index contributed by atoms with van der Waals surface area (Å²) in [4.78, 5) is 38.0. The zero-order valence-corrected chi connectivity index (χ0v) is 15.0. The molecule has 0 heterocycles. The molecule has 4 heteroatoms. The molecule has 3 aromatic rings. The summed E-state index contributed by atoms with van der Waals surface area (Å²) < 4.78 is 0. The lowest BCUT2D eigenvalue weighted by molar-refractivity contribution is 0.0979. The number of amides is 1. The van der Waals surface area contributed by atoms with Crippen LogP contribution in [0.3, 0.4) is 0 Å². The summed E-state index contributed by atoms with van der Waals surface area (Å²) in [6, 6.07) is 17.2. The molecule has 1 aliphatic rings. The van der Waals surface area contributed by atoms with Gasteiger partial charge in [-0.25, -0.2) is 0 Å². The summed E-state index contributed by atoms with van der Waals surface area (Å²) in [6.07, 6.45) is 0. The minimum absolute atomic E-state index is 0.174. The molecule has 0 radical (unpaired) electrons. The third-order valence-electron chi connectivity index (χ3n) is 4.81. The molecule has 0 saturated heterocycles. The maximum atomic E-state index is 12.8. The highest BCUT2D eigenvalue weighted by molar-refractivity contribution is 6.28. The molecule has 4 nitrogen and oxygen atoms in total. The molecule has 3 aromatic carbocycles. The summed E-state index contributed by atoms with van der Waals surface area (Å²) in [5, 5.41) is 2.83. The average Bonchev–Trinajstić information content (AvgIpc) is 2.66. The molecule has 0 unspecified atom stereocenters. The Balaban J connectivity index is 1.68. The minimum atomic E-state index is -0.248. The number of fused-ring (bicyclic) bond motifs is 2. The molecule has 0 aromatic heterocycles. The van der Waals surface area contributed by atoms with Crippen molar-refractivity contribution in [3.05, 3.63) is 99.6 Å². The van der Waals surface area contributed by atoms with Crippen LogP contribution in [0.4, 0.5) is 5.69 Å². The number of hydrogen-bond acceptors (Lipinski definition) is 3. The van der Waals surface area contributed by atoms with Gasteiger partial charge in [0.1, 0.15) is 0 Å². The van der Waals surface area contributed by atoms with Crippen LogP contribution in [0.15, 0.2) is 60.7 Å². The predicted octanol–water partition coefficient (Wildman–Crippen LogP) is 4.33. The van der Waals surface area contributed by atoms with Gasteiger partial charge in [0, 0.05) is 33.5 Å². The number of ketones is 2. The van der Waals surface area contributed by atoms with E-state index in [1.54, 1.807) is 48.5 Å². The molecule has 132 valence electrons. The van der Waals surface area contributed by atoms with Gasteiger partial charge in [-0.3, -0.25) is 14.4 Å². The third kappa shape index (κ3) is 2.85. The first-order chi connectivity index (χ1) is 13.0. The van der Waals surface area contributed by atoms with Crippen molar-refractivity contribution in [1.82, 2.24) is 0 Å². The van der Waals surface area contributed by atoms with Crippen molar-refractivity contribution in [3.8, 4) is 0 Å². The highest BCUT2D eigenvalue weighted by Gasteiger charge is 2.29. The van der Waals surface area contributed by atoms with Crippen LogP contribution in [0.1, 0.15) is 53.3 Å². The van der Waals surface area contributed by atoms with E-state index in [1.807, 2.05) is 26.0 Å². The van der Waals surface area contributed by atoms with E-state index in [0.29, 0.717) is 33.5 Å². The van der Waals surface area contributed by atoms with Gasteiger partial charge < -0.3 is 5.32 Å². The van der Waals surface area contributed by atoms with Crippen LogP contribution in [-0.4, -0.2) is 17.5 Å². The second-order valence-electron chi connectivity index (χ2n) is 6.74. The summed E-state index contributed by atoms with van der Waals surface area (Å²) in [5.74, 6) is -0.627. The standard InChI is InChI=1S/C23H17NO3/c1-13-7-9-16(14(2)11-13)23(27)24-15-8-10-19-20(12-15)22(26)18-6-4-3-5-17(18)21(19)25/h3-12H,1-2H3,(H,24,27). The summed E-state index contributed by atoms with van der Waals surface area (Å²) in [5.41, 5.74) is 4.52. The molecule has 27 heavy (non-hydrogen) atoms. The van der Waals surface area contributed by atoms with Crippen molar-refractivity contribution in [3.63, 3.8) is 0 Å². The predicted molar refractivity (Wildman–Crippen MR) is 104 cm³/mol. The summed E-state index contributed by atoms with van der Waals surface area (Å²) >= 11 is 0. The second-order valence-corrected chi connectivity index (χ2v) is 6.74. The van der Waals surface area contributed by atoms with Crippen molar-refractivity contribution < 1.29 is 14.4 Å². The summed E-state index contributed by atoms with van der Waals surface area (Å²) in [7, 11) is 0. The van der Waals surface area contributed by atoms with Crippen LogP contribution in [0.2, 0.25) is 0 Å². The first-order valence-corrected chi connectivity index (χ1v) is 8.67. The van der Waals surface area contributed by atoms with E-state index in [9.17, 15) is 14.4 Å². The Morgan fingerprint density at radius 1 is 0.741 bits per heavy atom. The van der Waals surface area contributed by atoms with Crippen LogP contribution >= 0.6 is 0 Å². The molecule has 1 amide bonds. The molecular weight excluding hydrogens is 338 g/mol. The molecular formula is C23H17NO3. The fourth-order valence-electron chi connectivity index (χ4n) is 3.44. The van der Waals surface area contributed by atoms with Gasteiger partial charge in [0.05, 0.1) is 0 Å². The van der Waals surface area contributed by atoms with Crippen LogP contribution in [-0.2, 0) is 0 Å². The number of carbonyl (C=O) groups excluding carboxylic acids is 3. The van der Waals surface area contributed by atoms with Crippen molar-refractivity contribution in [2.75, 3.05) is 5.32 Å². The van der Waals surface area contributed by atoms with E-state index in [2.05, 4.69) is 5.32 Å². The van der Waals surface area contributed by atoms with Crippen molar-refractivity contribution in [1.29, 1.82) is 0 Å². The molecule has 0 aliphatic heterocycles. The number of benzene rings is 3. The van der Waals surface area contributed by atoms with Gasteiger partial charge in [-0.15, -0.1) is 0 Å². The van der Waals surface area contributed by atoms with Crippen LogP contribution in [0.5, 0.6) is 0 Å². The third-order valence-corrected chi connectivity index (χ3v) is 4.81. The van der Waals surface area contributed by atoms with Gasteiger partial charge in [-0.05, 0) is 43.7 Å². The second kappa shape index (κ2) is 6.32. The first-order valence-electron chi connectivity index (χ1n) is 8.67. The summed E-state index contributed by atoms with van der Waals surface area (Å²) in [6.45, 7) is 3.85. The highest BCUT2D eigenvalue weighted by Crippen LogP contribution is 2.29. The minimum Gasteiger partial charge on any atom is -0.322 e. The normalized spacial score (nSPS) is 12.4. The monoisotopic (exact) mass is 355 g/mol. The molecule has 4 rings (SSSR count). The zero-order valence-electron chi connectivity index (χ0n) is 15.0. The molecule has 0 bridgehead atoms. The number of anilines is 1. The van der Waals surface area contributed by atoms with Crippen molar-refractivity contribution in [2.45, 2.75) is 13.8 Å². The lowest BCUT2D eigenvalue weighted by atomic mass is 9.84.